The first-order valence-electron chi connectivity index (χ1n) is 4.29. The third-order valence-electron chi connectivity index (χ3n) is 2.29. The van der Waals surface area contributed by atoms with Crippen LogP contribution in [-0.4, -0.2) is 11.1 Å². The van der Waals surface area contributed by atoms with Crippen LogP contribution in [0.25, 0.3) is 0 Å². The summed E-state index contributed by atoms with van der Waals surface area (Å²) >= 11 is 0. The third-order valence-corrected chi connectivity index (χ3v) is 2.29. The molecule has 1 atom stereocenters. The Morgan fingerprint density at radius 1 is 1.57 bits per heavy atom. The van der Waals surface area contributed by atoms with Crippen molar-refractivity contribution in [3.8, 4) is 0 Å². The molecule has 4 heteroatoms. The van der Waals surface area contributed by atoms with Gasteiger partial charge >= 0.3 is 5.97 Å². The summed E-state index contributed by atoms with van der Waals surface area (Å²) in [5.74, 6) is -1.80. The Kier molecular flexibility index (Phi) is 2.86. The van der Waals surface area contributed by atoms with Crippen LogP contribution in [0.3, 0.4) is 0 Å². The van der Waals surface area contributed by atoms with E-state index < -0.39 is 17.3 Å². The van der Waals surface area contributed by atoms with Crippen molar-refractivity contribution in [1.82, 2.24) is 0 Å². The van der Waals surface area contributed by atoms with Gasteiger partial charge in [-0.2, -0.15) is 0 Å². The highest BCUT2D eigenvalue weighted by molar-refractivity contribution is 5.80. The molecule has 0 bridgehead atoms. The number of hydrogen-bond acceptors (Lipinski definition) is 2. The molecule has 1 aromatic rings. The van der Waals surface area contributed by atoms with Gasteiger partial charge in [0.1, 0.15) is 11.4 Å². The fraction of sp³-hybridized carbons (Fsp3) is 0.300. The summed E-state index contributed by atoms with van der Waals surface area (Å²) < 4.78 is 13.3. The summed E-state index contributed by atoms with van der Waals surface area (Å²) in [4.78, 5) is 10.9. The lowest BCUT2D eigenvalue weighted by atomic mass is 9.88. The van der Waals surface area contributed by atoms with Gasteiger partial charge in [0.15, 0.2) is 0 Å². The number of hydrogen-bond donors (Lipinski definition) is 2. The van der Waals surface area contributed by atoms with Crippen molar-refractivity contribution in [3.63, 3.8) is 0 Å². The summed E-state index contributed by atoms with van der Waals surface area (Å²) in [6, 6.07) is 5.66. The van der Waals surface area contributed by atoms with Crippen LogP contribution in [0, 0.1) is 5.82 Å². The van der Waals surface area contributed by atoms with Gasteiger partial charge in [-0.1, -0.05) is 25.1 Å². The van der Waals surface area contributed by atoms with Crippen LogP contribution in [0.5, 0.6) is 0 Å². The van der Waals surface area contributed by atoms with Crippen molar-refractivity contribution in [2.45, 2.75) is 18.9 Å². The van der Waals surface area contributed by atoms with E-state index in [0.717, 1.165) is 0 Å². The molecule has 0 amide bonds. The zero-order valence-electron chi connectivity index (χ0n) is 7.83. The molecule has 0 fully saturated rings. The van der Waals surface area contributed by atoms with Crippen LogP contribution < -0.4 is 5.73 Å². The second-order valence-corrected chi connectivity index (χ2v) is 3.11. The fourth-order valence-electron chi connectivity index (χ4n) is 1.28. The van der Waals surface area contributed by atoms with Crippen molar-refractivity contribution < 1.29 is 14.3 Å². The second-order valence-electron chi connectivity index (χ2n) is 3.11. The predicted molar refractivity (Wildman–Crippen MR) is 50.2 cm³/mol. The number of benzene rings is 1. The van der Waals surface area contributed by atoms with Gasteiger partial charge in [0, 0.05) is 5.56 Å². The molecule has 0 aliphatic heterocycles. The molecule has 0 aromatic heterocycles. The first-order valence-corrected chi connectivity index (χ1v) is 4.29. The molecular weight excluding hydrogens is 185 g/mol. The fourth-order valence-corrected chi connectivity index (χ4v) is 1.28. The van der Waals surface area contributed by atoms with E-state index in [1.807, 2.05) is 0 Å². The molecule has 0 aliphatic carbocycles. The average molecular weight is 197 g/mol. The maximum atomic E-state index is 13.3. The molecule has 1 unspecified atom stereocenters. The van der Waals surface area contributed by atoms with E-state index >= 15 is 0 Å². The highest BCUT2D eigenvalue weighted by Gasteiger charge is 2.36. The minimum atomic E-state index is -1.63. The highest BCUT2D eigenvalue weighted by Crippen LogP contribution is 2.24. The maximum Gasteiger partial charge on any atom is 0.328 e. The lowest BCUT2D eigenvalue weighted by molar-refractivity contribution is -0.144. The Labute approximate surface area is 81.4 Å². The van der Waals surface area contributed by atoms with Crippen LogP contribution in [0.1, 0.15) is 18.9 Å². The molecule has 3 N–H and O–H groups in total. The van der Waals surface area contributed by atoms with E-state index in [4.69, 9.17) is 10.8 Å². The molecule has 0 radical (unpaired) electrons. The predicted octanol–water partition coefficient (Wildman–Crippen LogP) is 1.47. The third kappa shape index (κ3) is 1.61. The van der Waals surface area contributed by atoms with E-state index in [0.29, 0.717) is 0 Å². The van der Waals surface area contributed by atoms with E-state index in [2.05, 4.69) is 0 Å². The average Bonchev–Trinajstić information content (AvgIpc) is 2.17. The zero-order valence-corrected chi connectivity index (χ0v) is 7.83. The van der Waals surface area contributed by atoms with Crippen LogP contribution in [0.2, 0.25) is 0 Å². The van der Waals surface area contributed by atoms with Crippen molar-refractivity contribution in [2.75, 3.05) is 0 Å². The highest BCUT2D eigenvalue weighted by atomic mass is 19.1. The lowest BCUT2D eigenvalue weighted by Crippen LogP contribution is -2.44. The van der Waals surface area contributed by atoms with Gasteiger partial charge in [-0.25, -0.2) is 9.18 Å². The number of carbonyl (C=O) groups is 1. The molecule has 3 nitrogen and oxygen atoms in total. The molecule has 0 saturated heterocycles. The van der Waals surface area contributed by atoms with Crippen LogP contribution in [0.4, 0.5) is 4.39 Å². The number of rotatable bonds is 3. The normalized spacial score (nSPS) is 14.8. The summed E-state index contributed by atoms with van der Waals surface area (Å²) in [5, 5.41) is 8.92. The van der Waals surface area contributed by atoms with E-state index in [1.54, 1.807) is 13.0 Å². The minimum Gasteiger partial charge on any atom is -0.480 e. The standard InChI is InChI=1S/C10H12FNO2/c1-2-10(12,9(13)14)7-5-3-4-6-8(7)11/h3-6H,2,12H2,1H3,(H,13,14). The van der Waals surface area contributed by atoms with Gasteiger partial charge in [0.05, 0.1) is 0 Å². The first-order chi connectivity index (χ1) is 6.52. The number of aliphatic carboxylic acids is 1. The molecule has 0 spiro atoms. The number of carboxylic acid groups (broad SMARTS) is 1. The maximum absolute atomic E-state index is 13.3. The molecular formula is C10H12FNO2. The van der Waals surface area contributed by atoms with Crippen LogP contribution in [-0.2, 0) is 10.3 Å². The Morgan fingerprint density at radius 2 is 2.14 bits per heavy atom. The van der Waals surface area contributed by atoms with Gasteiger partial charge < -0.3 is 10.8 Å². The van der Waals surface area contributed by atoms with Gasteiger partial charge in [-0.05, 0) is 12.5 Å². The van der Waals surface area contributed by atoms with Gasteiger partial charge in [0.2, 0.25) is 0 Å². The largest absolute Gasteiger partial charge is 0.480 e. The number of carboxylic acids is 1. The summed E-state index contributed by atoms with van der Waals surface area (Å²) in [7, 11) is 0. The van der Waals surface area contributed by atoms with Gasteiger partial charge in [0.25, 0.3) is 0 Å². The van der Waals surface area contributed by atoms with Crippen LogP contribution >= 0.6 is 0 Å². The molecule has 76 valence electrons. The van der Waals surface area contributed by atoms with Crippen molar-refractivity contribution in [3.05, 3.63) is 35.6 Å². The summed E-state index contributed by atoms with van der Waals surface area (Å²) in [6.07, 6.45) is 0.142. The van der Waals surface area contributed by atoms with Crippen molar-refractivity contribution in [1.29, 1.82) is 0 Å². The monoisotopic (exact) mass is 197 g/mol. The minimum absolute atomic E-state index is 0.0231. The van der Waals surface area contributed by atoms with E-state index in [9.17, 15) is 9.18 Å². The molecule has 1 rings (SSSR count). The van der Waals surface area contributed by atoms with Gasteiger partial charge in [-0.3, -0.25) is 0 Å². The van der Waals surface area contributed by atoms with Crippen molar-refractivity contribution in [2.24, 2.45) is 5.73 Å². The van der Waals surface area contributed by atoms with Crippen molar-refractivity contribution >= 4 is 5.97 Å². The molecule has 1 aromatic carbocycles. The van der Waals surface area contributed by atoms with E-state index in [-0.39, 0.29) is 12.0 Å². The summed E-state index contributed by atoms with van der Waals surface area (Å²) in [5.41, 5.74) is 4.01. The number of halogens is 1. The van der Waals surface area contributed by atoms with E-state index in [1.165, 1.54) is 18.2 Å². The second kappa shape index (κ2) is 3.75. The molecule has 0 saturated carbocycles. The Hall–Kier alpha value is -1.42. The Bertz CT molecular complexity index is 354. The smallest absolute Gasteiger partial charge is 0.328 e. The molecule has 0 aliphatic rings. The molecule has 14 heavy (non-hydrogen) atoms. The van der Waals surface area contributed by atoms with Crippen LogP contribution in [0.15, 0.2) is 24.3 Å². The topological polar surface area (TPSA) is 63.3 Å². The van der Waals surface area contributed by atoms with Gasteiger partial charge in [-0.15, -0.1) is 0 Å². The quantitative estimate of drug-likeness (QED) is 0.771. The molecule has 0 heterocycles. The Balaban J connectivity index is 3.26. The zero-order chi connectivity index (χ0) is 10.8. The summed E-state index contributed by atoms with van der Waals surface area (Å²) in [6.45, 7) is 1.61. The first kappa shape index (κ1) is 10.7. The number of nitrogens with two attached hydrogens (primary N) is 1. The Morgan fingerprint density at radius 3 is 2.57 bits per heavy atom. The SMILES string of the molecule is CCC(N)(C(=O)O)c1ccccc1F. The lowest BCUT2D eigenvalue weighted by Gasteiger charge is -2.23.